The smallest absolute Gasteiger partial charge is 0.221 e. The summed E-state index contributed by atoms with van der Waals surface area (Å²) in [4.78, 5) is 34.6. The number of Topliss-reactive ketones (excluding diaryl/α,β-unsaturated/α-hetero) is 2. The summed E-state index contributed by atoms with van der Waals surface area (Å²) in [7, 11) is 0. The highest BCUT2D eigenvalue weighted by molar-refractivity contribution is 5.98. The number of rotatable bonds is 7. The molecule has 2 aromatic carbocycles. The highest BCUT2D eigenvalue weighted by Crippen LogP contribution is 2.17. The Bertz CT molecular complexity index is 800. The van der Waals surface area contributed by atoms with Gasteiger partial charge in [-0.1, -0.05) is 6.92 Å². The molecule has 0 spiro atoms. The highest BCUT2D eigenvalue weighted by atomic mass is 19.1. The van der Waals surface area contributed by atoms with Crippen LogP contribution in [0.1, 0.15) is 41.0 Å². The molecule has 0 aliphatic carbocycles. The van der Waals surface area contributed by atoms with Crippen LogP contribution in [-0.2, 0) is 4.79 Å². The van der Waals surface area contributed by atoms with Gasteiger partial charge in [0.15, 0.2) is 12.4 Å². The van der Waals surface area contributed by atoms with Gasteiger partial charge in [-0.15, -0.1) is 0 Å². The first-order chi connectivity index (χ1) is 11.9. The number of hydrogen-bond donors (Lipinski definition) is 1. The number of benzene rings is 2. The molecule has 0 aromatic heterocycles. The number of nitrogens with one attached hydrogen (secondary N) is 1. The highest BCUT2D eigenvalue weighted by Gasteiger charge is 2.14. The molecule has 5 nitrogen and oxygen atoms in total. The molecule has 0 aliphatic heterocycles. The zero-order chi connectivity index (χ0) is 18.4. The summed E-state index contributed by atoms with van der Waals surface area (Å²) in [6.07, 6.45) is 0.409. The monoisotopic (exact) mass is 343 g/mol. The Balaban J connectivity index is 2.00. The average molecular weight is 343 g/mol. The van der Waals surface area contributed by atoms with Crippen molar-refractivity contribution in [1.29, 1.82) is 0 Å². The van der Waals surface area contributed by atoms with E-state index >= 15 is 0 Å². The molecule has 25 heavy (non-hydrogen) atoms. The Labute approximate surface area is 144 Å². The summed E-state index contributed by atoms with van der Waals surface area (Å²) in [5.74, 6) is -1.16. The summed E-state index contributed by atoms with van der Waals surface area (Å²) in [5, 5.41) is 2.44. The Hall–Kier alpha value is -3.02. The van der Waals surface area contributed by atoms with Crippen molar-refractivity contribution in [3.05, 3.63) is 59.4 Å². The third kappa shape index (κ3) is 4.97. The number of ether oxygens (including phenoxy) is 1. The molecule has 130 valence electrons. The molecule has 0 saturated heterocycles. The van der Waals surface area contributed by atoms with Crippen LogP contribution in [0.25, 0.3) is 0 Å². The fourth-order valence-electron chi connectivity index (χ4n) is 2.19. The number of anilines is 1. The summed E-state index contributed by atoms with van der Waals surface area (Å²) < 4.78 is 19.3. The molecular formula is C19H18FNO4. The van der Waals surface area contributed by atoms with Gasteiger partial charge < -0.3 is 10.1 Å². The second-order valence-electron chi connectivity index (χ2n) is 5.39. The number of carbonyl (C=O) groups is 3. The number of amides is 1. The lowest BCUT2D eigenvalue weighted by Gasteiger charge is -2.08. The van der Waals surface area contributed by atoms with Gasteiger partial charge in [-0.3, -0.25) is 14.4 Å². The fraction of sp³-hybridized carbons (Fsp3) is 0.211. The summed E-state index contributed by atoms with van der Waals surface area (Å²) in [5.41, 5.74) is 0.728. The van der Waals surface area contributed by atoms with Gasteiger partial charge in [-0.05, 0) is 42.5 Å². The molecule has 0 unspecified atom stereocenters. The number of halogens is 1. The molecule has 0 aliphatic rings. The molecule has 0 atom stereocenters. The molecule has 1 N–H and O–H groups in total. The molecule has 0 fully saturated rings. The van der Waals surface area contributed by atoms with E-state index in [-0.39, 0.29) is 29.5 Å². The molecule has 0 radical (unpaired) electrons. The SMILES string of the molecule is CCC(=O)c1ccc(OCC(=O)c2ccc(NC(C)=O)cc2F)cc1. The van der Waals surface area contributed by atoms with Gasteiger partial charge in [0, 0.05) is 24.6 Å². The van der Waals surface area contributed by atoms with E-state index in [2.05, 4.69) is 5.32 Å². The summed E-state index contributed by atoms with van der Waals surface area (Å²) in [6, 6.07) is 10.2. The van der Waals surface area contributed by atoms with Gasteiger partial charge >= 0.3 is 0 Å². The van der Waals surface area contributed by atoms with E-state index in [0.717, 1.165) is 6.07 Å². The third-order valence-corrected chi connectivity index (χ3v) is 3.46. The Kier molecular flexibility index (Phi) is 6.00. The third-order valence-electron chi connectivity index (χ3n) is 3.46. The van der Waals surface area contributed by atoms with Crippen LogP contribution in [0.15, 0.2) is 42.5 Å². The Morgan fingerprint density at radius 2 is 1.72 bits per heavy atom. The van der Waals surface area contributed by atoms with E-state index in [1.165, 1.54) is 19.1 Å². The van der Waals surface area contributed by atoms with Crippen LogP contribution in [0.5, 0.6) is 5.75 Å². The minimum absolute atomic E-state index is 0.0176. The van der Waals surface area contributed by atoms with Gasteiger partial charge in [0.25, 0.3) is 0 Å². The first-order valence-corrected chi connectivity index (χ1v) is 7.77. The van der Waals surface area contributed by atoms with Gasteiger partial charge in [0.2, 0.25) is 11.7 Å². The predicted molar refractivity (Wildman–Crippen MR) is 91.6 cm³/mol. The first-order valence-electron chi connectivity index (χ1n) is 7.77. The van der Waals surface area contributed by atoms with Crippen LogP contribution in [0.3, 0.4) is 0 Å². The lowest BCUT2D eigenvalue weighted by Crippen LogP contribution is -2.14. The minimum atomic E-state index is -0.733. The second-order valence-corrected chi connectivity index (χ2v) is 5.39. The molecule has 0 saturated carbocycles. The van der Waals surface area contributed by atoms with E-state index in [0.29, 0.717) is 17.7 Å². The predicted octanol–water partition coefficient (Wildman–Crippen LogP) is 3.64. The maximum atomic E-state index is 14.0. The number of carbonyl (C=O) groups excluding carboxylic acids is 3. The van der Waals surface area contributed by atoms with Gasteiger partial charge in [0.1, 0.15) is 11.6 Å². The van der Waals surface area contributed by atoms with E-state index in [9.17, 15) is 18.8 Å². The summed E-state index contributed by atoms with van der Waals surface area (Å²) in [6.45, 7) is 2.75. The van der Waals surface area contributed by atoms with E-state index in [4.69, 9.17) is 4.74 Å². The molecule has 2 aromatic rings. The number of ketones is 2. The Morgan fingerprint density at radius 3 is 2.28 bits per heavy atom. The van der Waals surface area contributed by atoms with Crippen molar-refractivity contribution in [3.8, 4) is 5.75 Å². The Morgan fingerprint density at radius 1 is 1.04 bits per heavy atom. The fourth-order valence-corrected chi connectivity index (χ4v) is 2.19. The molecular weight excluding hydrogens is 325 g/mol. The second kappa shape index (κ2) is 8.19. The van der Waals surface area contributed by atoms with Crippen LogP contribution < -0.4 is 10.1 Å². The quantitative estimate of drug-likeness (QED) is 0.779. The molecule has 6 heteroatoms. The van der Waals surface area contributed by atoms with Crippen molar-refractivity contribution in [2.45, 2.75) is 20.3 Å². The van der Waals surface area contributed by atoms with Gasteiger partial charge in [-0.2, -0.15) is 0 Å². The van der Waals surface area contributed by atoms with Crippen LogP contribution in [0, 0.1) is 5.82 Å². The minimum Gasteiger partial charge on any atom is -0.485 e. The van der Waals surface area contributed by atoms with Crippen molar-refractivity contribution < 1.29 is 23.5 Å². The van der Waals surface area contributed by atoms with Crippen molar-refractivity contribution in [3.63, 3.8) is 0 Å². The first kappa shape index (κ1) is 18.3. The molecule has 1 amide bonds. The standard InChI is InChI=1S/C19H18FNO4/c1-3-18(23)13-4-7-15(8-5-13)25-11-19(24)16-9-6-14(10-17(16)20)21-12(2)22/h4-10H,3,11H2,1-2H3,(H,21,22). The van der Waals surface area contributed by atoms with Crippen molar-refractivity contribution >= 4 is 23.2 Å². The van der Waals surface area contributed by atoms with E-state index < -0.39 is 11.6 Å². The summed E-state index contributed by atoms with van der Waals surface area (Å²) >= 11 is 0. The number of hydrogen-bond acceptors (Lipinski definition) is 4. The average Bonchev–Trinajstić information content (AvgIpc) is 2.59. The lowest BCUT2D eigenvalue weighted by molar-refractivity contribution is -0.114. The zero-order valence-corrected chi connectivity index (χ0v) is 14.0. The largest absolute Gasteiger partial charge is 0.485 e. The maximum absolute atomic E-state index is 14.0. The molecule has 0 heterocycles. The van der Waals surface area contributed by atoms with E-state index in [1.807, 2.05) is 0 Å². The van der Waals surface area contributed by atoms with Crippen molar-refractivity contribution in [2.24, 2.45) is 0 Å². The lowest BCUT2D eigenvalue weighted by atomic mass is 10.1. The van der Waals surface area contributed by atoms with Crippen LogP contribution in [0.4, 0.5) is 10.1 Å². The van der Waals surface area contributed by atoms with Crippen LogP contribution >= 0.6 is 0 Å². The maximum Gasteiger partial charge on any atom is 0.221 e. The molecule has 2 rings (SSSR count). The topological polar surface area (TPSA) is 72.5 Å². The van der Waals surface area contributed by atoms with Crippen LogP contribution in [0.2, 0.25) is 0 Å². The van der Waals surface area contributed by atoms with Crippen molar-refractivity contribution in [1.82, 2.24) is 0 Å². The van der Waals surface area contributed by atoms with E-state index in [1.54, 1.807) is 31.2 Å². The van der Waals surface area contributed by atoms with Crippen molar-refractivity contribution in [2.75, 3.05) is 11.9 Å². The molecule has 0 bridgehead atoms. The normalized spacial score (nSPS) is 10.2. The van der Waals surface area contributed by atoms with Gasteiger partial charge in [-0.25, -0.2) is 4.39 Å². The zero-order valence-electron chi connectivity index (χ0n) is 14.0. The van der Waals surface area contributed by atoms with Crippen LogP contribution in [-0.4, -0.2) is 24.1 Å². The van der Waals surface area contributed by atoms with Gasteiger partial charge in [0.05, 0.1) is 5.56 Å².